The predicted molar refractivity (Wildman–Crippen MR) is 79.8 cm³/mol. The molecule has 0 spiro atoms. The van der Waals surface area contributed by atoms with Gasteiger partial charge in [0.05, 0.1) is 0 Å². The molecule has 2 atom stereocenters. The van der Waals surface area contributed by atoms with Crippen molar-refractivity contribution in [2.24, 2.45) is 5.92 Å². The van der Waals surface area contributed by atoms with E-state index in [1.807, 2.05) is 6.07 Å². The summed E-state index contributed by atoms with van der Waals surface area (Å²) in [6, 6.07) is 4.05. The average molecular weight is 282 g/mol. The van der Waals surface area contributed by atoms with Crippen LogP contribution in [0.1, 0.15) is 57.2 Å². The molecule has 2 rings (SSSR count). The van der Waals surface area contributed by atoms with E-state index in [9.17, 15) is 0 Å². The fourth-order valence-electron chi connectivity index (χ4n) is 2.83. The highest BCUT2D eigenvalue weighted by molar-refractivity contribution is 6.17. The van der Waals surface area contributed by atoms with Gasteiger partial charge in [0, 0.05) is 17.6 Å². The van der Waals surface area contributed by atoms with E-state index in [0.29, 0.717) is 12.0 Å². The third-order valence-corrected chi connectivity index (χ3v) is 4.34. The molecule has 1 aliphatic carbocycles. The fraction of sp³-hybridized carbons (Fsp3) is 0.688. The van der Waals surface area contributed by atoms with Crippen LogP contribution in [0, 0.1) is 5.92 Å². The summed E-state index contributed by atoms with van der Waals surface area (Å²) in [5, 5.41) is 0. The number of alkyl halides is 1. The summed E-state index contributed by atoms with van der Waals surface area (Å²) in [6.07, 6.45) is 7.47. The Labute approximate surface area is 121 Å². The molecule has 1 heterocycles. The van der Waals surface area contributed by atoms with Crippen molar-refractivity contribution in [1.29, 1.82) is 0 Å². The maximum atomic E-state index is 6.10. The van der Waals surface area contributed by atoms with E-state index in [-0.39, 0.29) is 0 Å². The Morgan fingerprint density at radius 2 is 2.16 bits per heavy atom. The van der Waals surface area contributed by atoms with Gasteiger partial charge < -0.3 is 4.74 Å². The minimum Gasteiger partial charge on any atom is -0.474 e. The standard InChI is InChI=1S/C16H24ClNO/c1-3-12-6-5-7-15(9-12)19-16-10-13(11-17)8-14(4-2)18-16/h8,10,12,15H,3-7,9,11H2,1-2H3. The Balaban J connectivity index is 2.05. The number of hydrogen-bond donors (Lipinski definition) is 0. The number of nitrogens with zero attached hydrogens (tertiary/aromatic N) is 1. The highest BCUT2D eigenvalue weighted by atomic mass is 35.5. The zero-order valence-electron chi connectivity index (χ0n) is 12.0. The summed E-state index contributed by atoms with van der Waals surface area (Å²) in [4.78, 5) is 4.56. The zero-order valence-corrected chi connectivity index (χ0v) is 12.7. The molecule has 0 bridgehead atoms. The van der Waals surface area contributed by atoms with Crippen LogP contribution in [-0.4, -0.2) is 11.1 Å². The van der Waals surface area contributed by atoms with Crippen LogP contribution in [0.3, 0.4) is 0 Å². The van der Waals surface area contributed by atoms with Crippen LogP contribution in [0.25, 0.3) is 0 Å². The molecular formula is C16H24ClNO. The molecule has 0 radical (unpaired) electrons. The van der Waals surface area contributed by atoms with Crippen LogP contribution < -0.4 is 4.74 Å². The van der Waals surface area contributed by atoms with Crippen LogP contribution in [0.4, 0.5) is 0 Å². The molecule has 0 aromatic carbocycles. The molecule has 1 aromatic heterocycles. The van der Waals surface area contributed by atoms with Gasteiger partial charge >= 0.3 is 0 Å². The Kier molecular flexibility index (Phi) is 5.50. The third kappa shape index (κ3) is 4.10. The van der Waals surface area contributed by atoms with Gasteiger partial charge in [-0.05, 0) is 43.2 Å². The lowest BCUT2D eigenvalue weighted by atomic mass is 9.85. The van der Waals surface area contributed by atoms with Crippen molar-refractivity contribution in [2.45, 2.75) is 64.4 Å². The molecule has 0 N–H and O–H groups in total. The second-order valence-electron chi connectivity index (χ2n) is 5.47. The number of halogens is 1. The number of aryl methyl sites for hydroxylation is 1. The van der Waals surface area contributed by atoms with Gasteiger partial charge in [0.15, 0.2) is 0 Å². The highest BCUT2D eigenvalue weighted by Gasteiger charge is 2.22. The van der Waals surface area contributed by atoms with Crippen molar-refractivity contribution in [3.8, 4) is 5.88 Å². The van der Waals surface area contributed by atoms with Gasteiger partial charge in [0.25, 0.3) is 0 Å². The van der Waals surface area contributed by atoms with E-state index in [1.54, 1.807) is 0 Å². The highest BCUT2D eigenvalue weighted by Crippen LogP contribution is 2.29. The minimum atomic E-state index is 0.335. The van der Waals surface area contributed by atoms with E-state index < -0.39 is 0 Å². The summed E-state index contributed by atoms with van der Waals surface area (Å²) < 4.78 is 6.10. The molecule has 0 saturated heterocycles. The molecular weight excluding hydrogens is 258 g/mol. The number of aromatic nitrogens is 1. The molecule has 1 saturated carbocycles. The Morgan fingerprint density at radius 1 is 1.32 bits per heavy atom. The Morgan fingerprint density at radius 3 is 2.84 bits per heavy atom. The second kappa shape index (κ2) is 7.14. The van der Waals surface area contributed by atoms with Crippen LogP contribution in [0.15, 0.2) is 12.1 Å². The van der Waals surface area contributed by atoms with E-state index in [2.05, 4.69) is 24.9 Å². The first kappa shape index (κ1) is 14.6. The van der Waals surface area contributed by atoms with E-state index in [4.69, 9.17) is 16.3 Å². The largest absolute Gasteiger partial charge is 0.474 e. The summed E-state index contributed by atoms with van der Waals surface area (Å²) in [5.41, 5.74) is 2.17. The number of ether oxygens (including phenoxy) is 1. The van der Waals surface area contributed by atoms with E-state index in [1.165, 1.54) is 25.7 Å². The van der Waals surface area contributed by atoms with Crippen LogP contribution in [-0.2, 0) is 12.3 Å². The van der Waals surface area contributed by atoms with Crippen LogP contribution in [0.5, 0.6) is 5.88 Å². The van der Waals surface area contributed by atoms with Crippen molar-refractivity contribution in [1.82, 2.24) is 4.98 Å². The predicted octanol–water partition coefficient (Wildman–Crippen LogP) is 4.73. The van der Waals surface area contributed by atoms with Gasteiger partial charge in [0.1, 0.15) is 6.10 Å². The molecule has 1 aromatic rings. The van der Waals surface area contributed by atoms with Crippen LogP contribution in [0.2, 0.25) is 0 Å². The molecule has 3 heteroatoms. The first-order valence-electron chi connectivity index (χ1n) is 7.47. The van der Waals surface area contributed by atoms with Crippen molar-refractivity contribution in [3.63, 3.8) is 0 Å². The summed E-state index contributed by atoms with van der Waals surface area (Å²) in [7, 11) is 0. The number of hydrogen-bond acceptors (Lipinski definition) is 2. The smallest absolute Gasteiger partial charge is 0.214 e. The minimum absolute atomic E-state index is 0.335. The van der Waals surface area contributed by atoms with Crippen LogP contribution >= 0.6 is 11.6 Å². The summed E-state index contributed by atoms with van der Waals surface area (Å²) in [5.74, 6) is 2.10. The number of rotatable bonds is 5. The normalized spacial score (nSPS) is 23.3. The maximum absolute atomic E-state index is 6.10. The van der Waals surface area contributed by atoms with Gasteiger partial charge in [-0.1, -0.05) is 26.7 Å². The molecule has 106 valence electrons. The Hall–Kier alpha value is -0.760. The summed E-state index contributed by atoms with van der Waals surface area (Å²) >= 11 is 5.93. The fourth-order valence-corrected chi connectivity index (χ4v) is 2.98. The lowest BCUT2D eigenvalue weighted by molar-refractivity contribution is 0.117. The van der Waals surface area contributed by atoms with Crippen molar-refractivity contribution in [3.05, 3.63) is 23.4 Å². The van der Waals surface area contributed by atoms with Gasteiger partial charge in [-0.2, -0.15) is 0 Å². The summed E-state index contributed by atoms with van der Waals surface area (Å²) in [6.45, 7) is 4.38. The van der Waals surface area contributed by atoms with Crippen molar-refractivity contribution in [2.75, 3.05) is 0 Å². The third-order valence-electron chi connectivity index (χ3n) is 4.03. The topological polar surface area (TPSA) is 22.1 Å². The van der Waals surface area contributed by atoms with Crippen molar-refractivity contribution < 1.29 is 4.74 Å². The monoisotopic (exact) mass is 281 g/mol. The first-order valence-corrected chi connectivity index (χ1v) is 8.01. The lowest BCUT2D eigenvalue weighted by Gasteiger charge is -2.28. The SMILES string of the molecule is CCc1cc(CCl)cc(OC2CCCC(CC)C2)n1. The molecule has 2 unspecified atom stereocenters. The molecule has 1 aliphatic rings. The van der Waals surface area contributed by atoms with Gasteiger partial charge in [-0.3, -0.25) is 0 Å². The van der Waals surface area contributed by atoms with Gasteiger partial charge in [0.2, 0.25) is 5.88 Å². The lowest BCUT2D eigenvalue weighted by Crippen LogP contribution is -2.25. The maximum Gasteiger partial charge on any atom is 0.214 e. The van der Waals surface area contributed by atoms with E-state index in [0.717, 1.165) is 35.9 Å². The first-order chi connectivity index (χ1) is 9.25. The Bertz CT molecular complexity index is 385. The van der Waals surface area contributed by atoms with Gasteiger partial charge in [-0.15, -0.1) is 11.6 Å². The quantitative estimate of drug-likeness (QED) is 0.728. The second-order valence-corrected chi connectivity index (χ2v) is 5.74. The zero-order chi connectivity index (χ0) is 13.7. The van der Waals surface area contributed by atoms with Gasteiger partial charge in [-0.25, -0.2) is 4.98 Å². The molecule has 2 nitrogen and oxygen atoms in total. The average Bonchev–Trinajstić information content (AvgIpc) is 2.47. The number of pyridine rings is 1. The molecule has 19 heavy (non-hydrogen) atoms. The molecule has 1 fully saturated rings. The van der Waals surface area contributed by atoms with E-state index >= 15 is 0 Å². The molecule has 0 aliphatic heterocycles. The van der Waals surface area contributed by atoms with Crippen molar-refractivity contribution >= 4 is 11.6 Å². The molecule has 0 amide bonds.